The third kappa shape index (κ3) is 8.98. The molecule has 2 amide bonds. The van der Waals surface area contributed by atoms with Crippen molar-refractivity contribution in [3.63, 3.8) is 0 Å². The van der Waals surface area contributed by atoms with Gasteiger partial charge < -0.3 is 0 Å². The average molecular weight is 415 g/mol. The summed E-state index contributed by atoms with van der Waals surface area (Å²) in [5.41, 5.74) is 0. The summed E-state index contributed by atoms with van der Waals surface area (Å²) in [6.07, 6.45) is 15.1. The highest BCUT2D eigenvalue weighted by Gasteiger charge is 2.41. The first-order valence-corrected chi connectivity index (χ1v) is 10.5. The molecule has 1 aliphatic heterocycles. The molecule has 1 rings (SSSR count). The predicted molar refractivity (Wildman–Crippen MR) is 104 cm³/mol. The summed E-state index contributed by atoms with van der Waals surface area (Å²) < 4.78 is -0.737. The summed E-state index contributed by atoms with van der Waals surface area (Å²) in [7, 11) is 0. The molecule has 3 nitrogen and oxygen atoms in total. The molecule has 0 saturated carbocycles. The fraction of sp³-hybridized carbons (Fsp3) is 0.765. The lowest BCUT2D eigenvalue weighted by molar-refractivity contribution is -0.132. The molecule has 1 fully saturated rings. The van der Waals surface area contributed by atoms with Crippen molar-refractivity contribution in [2.24, 2.45) is 5.92 Å². The van der Waals surface area contributed by atoms with Crippen LogP contribution >= 0.6 is 46.8 Å². The first-order chi connectivity index (χ1) is 11.3. The maximum Gasteiger partial charge on any atom is 0.256 e. The van der Waals surface area contributed by atoms with Crippen molar-refractivity contribution in [2.45, 2.75) is 74.3 Å². The van der Waals surface area contributed by atoms with Gasteiger partial charge in [0, 0.05) is 18.4 Å². The number of nitrogens with zero attached hydrogens (tertiary/aromatic N) is 1. The molecule has 1 heterocycles. The van der Waals surface area contributed by atoms with E-state index in [-0.39, 0.29) is 18.2 Å². The van der Waals surface area contributed by atoms with E-state index in [0.717, 1.165) is 17.1 Å². The van der Waals surface area contributed by atoms with Crippen molar-refractivity contribution in [1.29, 1.82) is 0 Å². The molecule has 7 heteroatoms. The van der Waals surface area contributed by atoms with E-state index in [0.29, 0.717) is 11.9 Å². The van der Waals surface area contributed by atoms with Crippen molar-refractivity contribution in [3.05, 3.63) is 12.2 Å². The monoisotopic (exact) mass is 413 g/mol. The Morgan fingerprint density at radius 1 is 1.08 bits per heavy atom. The Labute approximate surface area is 164 Å². The average Bonchev–Trinajstić information content (AvgIpc) is 2.75. The number of hydrogen-bond acceptors (Lipinski definition) is 3. The van der Waals surface area contributed by atoms with Gasteiger partial charge in [0.05, 0.1) is 5.92 Å². The number of amides is 2. The number of carbonyl (C=O) groups is 2. The van der Waals surface area contributed by atoms with Gasteiger partial charge in [-0.25, -0.2) is 4.31 Å². The highest BCUT2D eigenvalue weighted by atomic mass is 35.6. The van der Waals surface area contributed by atoms with Crippen molar-refractivity contribution < 1.29 is 9.59 Å². The lowest BCUT2D eigenvalue weighted by atomic mass is 10.0. The minimum Gasteiger partial charge on any atom is -0.273 e. The van der Waals surface area contributed by atoms with E-state index in [9.17, 15) is 9.59 Å². The summed E-state index contributed by atoms with van der Waals surface area (Å²) in [6.45, 7) is 2.23. The SMILES string of the molecule is CCCCCCCCCC/C=C/C1CC(=O)N(SC(Cl)(Cl)Cl)C1=O. The van der Waals surface area contributed by atoms with Crippen LogP contribution in [0.2, 0.25) is 0 Å². The Balaban J connectivity index is 2.19. The van der Waals surface area contributed by atoms with E-state index in [1.54, 1.807) is 0 Å². The number of hydrogen-bond donors (Lipinski definition) is 0. The molecule has 0 radical (unpaired) electrons. The van der Waals surface area contributed by atoms with E-state index >= 15 is 0 Å². The van der Waals surface area contributed by atoms with Gasteiger partial charge in [0.25, 0.3) is 3.12 Å². The second-order valence-corrected chi connectivity index (χ2v) is 10.2. The molecule has 0 aromatic heterocycles. The third-order valence-electron chi connectivity index (χ3n) is 3.93. The van der Waals surface area contributed by atoms with E-state index < -0.39 is 9.04 Å². The molecule has 0 aromatic rings. The van der Waals surface area contributed by atoms with Gasteiger partial charge in [-0.05, 0) is 12.8 Å². The number of alkyl halides is 3. The molecule has 138 valence electrons. The maximum atomic E-state index is 12.1. The Kier molecular flexibility index (Phi) is 10.8. The molecule has 0 aromatic carbocycles. The van der Waals surface area contributed by atoms with Crippen LogP contribution in [-0.4, -0.2) is 19.2 Å². The standard InChI is InChI=1S/C17H26Cl3NO2S/c1-2-3-4-5-6-7-8-9-10-11-12-14-13-15(22)21(16(14)23)24-17(18,19)20/h11-12,14H,2-10,13H2,1H3/b12-11+. The Morgan fingerprint density at radius 3 is 2.25 bits per heavy atom. The molecular formula is C17H26Cl3NO2S. The first kappa shape index (κ1) is 22.1. The normalized spacial score (nSPS) is 19.0. The van der Waals surface area contributed by atoms with Crippen LogP contribution in [0, 0.1) is 5.92 Å². The molecule has 1 aliphatic rings. The topological polar surface area (TPSA) is 37.4 Å². The van der Waals surface area contributed by atoms with Crippen LogP contribution in [0.3, 0.4) is 0 Å². The molecule has 0 aliphatic carbocycles. The third-order valence-corrected chi connectivity index (χ3v) is 5.32. The lowest BCUT2D eigenvalue weighted by Crippen LogP contribution is -2.26. The molecule has 1 unspecified atom stereocenters. The number of carbonyl (C=O) groups excluding carboxylic acids is 2. The van der Waals surface area contributed by atoms with Gasteiger partial charge >= 0.3 is 0 Å². The predicted octanol–water partition coefficient (Wildman–Crippen LogP) is 6.42. The largest absolute Gasteiger partial charge is 0.273 e. The van der Waals surface area contributed by atoms with E-state index in [2.05, 4.69) is 6.92 Å². The molecule has 0 spiro atoms. The zero-order chi connectivity index (χ0) is 18.0. The minimum absolute atomic E-state index is 0.153. The highest BCUT2D eigenvalue weighted by Crippen LogP contribution is 2.43. The summed E-state index contributed by atoms with van der Waals surface area (Å²) in [5, 5.41) is 0. The van der Waals surface area contributed by atoms with Crippen LogP contribution in [0.1, 0.15) is 71.1 Å². The van der Waals surface area contributed by atoms with Gasteiger partial charge in [-0.2, -0.15) is 0 Å². The first-order valence-electron chi connectivity index (χ1n) is 8.64. The molecule has 1 saturated heterocycles. The van der Waals surface area contributed by atoms with E-state index in [4.69, 9.17) is 34.8 Å². The maximum absolute atomic E-state index is 12.1. The van der Waals surface area contributed by atoms with Crippen LogP contribution in [-0.2, 0) is 9.59 Å². The summed E-state index contributed by atoms with van der Waals surface area (Å²) in [6, 6.07) is 0. The smallest absolute Gasteiger partial charge is 0.256 e. The van der Waals surface area contributed by atoms with E-state index in [1.807, 2.05) is 12.2 Å². The number of halogens is 3. The van der Waals surface area contributed by atoms with Crippen molar-refractivity contribution in [3.8, 4) is 0 Å². The molecule has 0 bridgehead atoms. The number of imide groups is 1. The fourth-order valence-corrected chi connectivity index (χ4v) is 3.87. The molecule has 1 atom stereocenters. The molecular weight excluding hydrogens is 389 g/mol. The number of allylic oxidation sites excluding steroid dienone is 1. The van der Waals surface area contributed by atoms with Crippen molar-refractivity contribution >= 4 is 58.6 Å². The summed E-state index contributed by atoms with van der Waals surface area (Å²) in [5.74, 6) is -1.03. The number of unbranched alkanes of at least 4 members (excludes halogenated alkanes) is 8. The number of rotatable bonds is 11. The second-order valence-electron chi connectivity index (χ2n) is 6.07. The quantitative estimate of drug-likeness (QED) is 0.129. The lowest BCUT2D eigenvalue weighted by Gasteiger charge is -2.17. The van der Waals surface area contributed by atoms with E-state index in [1.165, 1.54) is 44.9 Å². The van der Waals surface area contributed by atoms with Gasteiger partial charge in [0.1, 0.15) is 0 Å². The van der Waals surface area contributed by atoms with Crippen LogP contribution < -0.4 is 0 Å². The van der Waals surface area contributed by atoms with Crippen LogP contribution in [0.4, 0.5) is 0 Å². The van der Waals surface area contributed by atoms with Crippen LogP contribution in [0.15, 0.2) is 12.2 Å². The van der Waals surface area contributed by atoms with Gasteiger partial charge in [0.15, 0.2) is 0 Å². The van der Waals surface area contributed by atoms with Gasteiger partial charge in [-0.1, -0.05) is 98.8 Å². The summed E-state index contributed by atoms with van der Waals surface area (Å²) >= 11 is 17.5. The van der Waals surface area contributed by atoms with Crippen LogP contribution in [0.5, 0.6) is 0 Å². The molecule has 24 heavy (non-hydrogen) atoms. The fourth-order valence-electron chi connectivity index (χ4n) is 2.64. The highest BCUT2D eigenvalue weighted by molar-refractivity contribution is 8.03. The Bertz CT molecular complexity index is 438. The van der Waals surface area contributed by atoms with Crippen molar-refractivity contribution in [2.75, 3.05) is 0 Å². The van der Waals surface area contributed by atoms with Gasteiger partial charge in [-0.3, -0.25) is 9.59 Å². The Morgan fingerprint density at radius 2 is 1.67 bits per heavy atom. The zero-order valence-corrected chi connectivity index (χ0v) is 17.2. The van der Waals surface area contributed by atoms with Crippen LogP contribution in [0.25, 0.3) is 0 Å². The van der Waals surface area contributed by atoms with Gasteiger partial charge in [-0.15, -0.1) is 0 Å². The minimum atomic E-state index is -1.71. The van der Waals surface area contributed by atoms with Crippen molar-refractivity contribution in [1.82, 2.24) is 4.31 Å². The molecule has 0 N–H and O–H groups in total. The second kappa shape index (κ2) is 11.7. The van der Waals surface area contributed by atoms with Gasteiger partial charge in [0.2, 0.25) is 11.8 Å². The Hall–Kier alpha value is 0.1000. The summed E-state index contributed by atoms with van der Waals surface area (Å²) in [4.78, 5) is 24.0. The zero-order valence-electron chi connectivity index (χ0n) is 14.1.